The second-order valence-electron chi connectivity index (χ2n) is 7.95. The molecule has 164 valence electrons. The van der Waals surface area contributed by atoms with Crippen molar-refractivity contribution in [3.63, 3.8) is 0 Å². The molecule has 5 heterocycles. The van der Waals surface area contributed by atoms with Gasteiger partial charge in [-0.25, -0.2) is 33.4 Å². The third-order valence-electron chi connectivity index (χ3n) is 5.72. The van der Waals surface area contributed by atoms with Crippen molar-refractivity contribution >= 4 is 22.7 Å². The summed E-state index contributed by atoms with van der Waals surface area (Å²) in [7, 11) is 0. The highest BCUT2D eigenvalue weighted by Crippen LogP contribution is 2.42. The summed E-state index contributed by atoms with van der Waals surface area (Å²) in [5, 5.41) is 3.93. The van der Waals surface area contributed by atoms with Crippen LogP contribution in [0.2, 0.25) is 0 Å². The quantitative estimate of drug-likeness (QED) is 0.578. The van der Waals surface area contributed by atoms with E-state index in [2.05, 4.69) is 25.0 Å². The molecule has 3 aromatic heterocycles. The summed E-state index contributed by atoms with van der Waals surface area (Å²) in [5.74, 6) is -0.560. The van der Waals surface area contributed by atoms with Gasteiger partial charge in [-0.3, -0.25) is 0 Å². The Morgan fingerprint density at radius 1 is 0.968 bits per heavy atom. The molecule has 13 heteroatoms. The lowest BCUT2D eigenvalue weighted by molar-refractivity contribution is -0.145. The normalized spacial score (nSPS) is 18.4. The first kappa shape index (κ1) is 19.8. The minimum absolute atomic E-state index is 0.0252. The van der Waals surface area contributed by atoms with Crippen molar-refractivity contribution in [3.8, 4) is 0 Å². The molecule has 2 fully saturated rings. The Labute approximate surface area is 172 Å². The fourth-order valence-corrected chi connectivity index (χ4v) is 4.22. The fourth-order valence-electron chi connectivity index (χ4n) is 4.22. The van der Waals surface area contributed by atoms with Gasteiger partial charge in [0.1, 0.15) is 17.9 Å². The minimum Gasteiger partial charge on any atom is -0.368 e. The lowest BCUT2D eigenvalue weighted by atomic mass is 9.79. The van der Waals surface area contributed by atoms with Crippen LogP contribution in [-0.2, 0) is 12.7 Å². The van der Waals surface area contributed by atoms with Crippen LogP contribution in [-0.4, -0.2) is 62.3 Å². The van der Waals surface area contributed by atoms with E-state index in [0.717, 1.165) is 17.6 Å². The van der Waals surface area contributed by atoms with E-state index in [1.54, 1.807) is 6.20 Å². The molecule has 2 aliphatic rings. The van der Waals surface area contributed by atoms with Crippen LogP contribution in [0.25, 0.3) is 11.2 Å². The molecule has 0 amide bonds. The maximum Gasteiger partial charge on any atom is 0.451 e. The van der Waals surface area contributed by atoms with Gasteiger partial charge < -0.3 is 9.80 Å². The summed E-state index contributed by atoms with van der Waals surface area (Å²) in [6.45, 7) is 2.19. The Hall–Kier alpha value is -3.12. The van der Waals surface area contributed by atoms with Crippen LogP contribution in [0.5, 0.6) is 0 Å². The summed E-state index contributed by atoms with van der Waals surface area (Å²) in [6.07, 6.45) is -0.822. The van der Waals surface area contributed by atoms with E-state index >= 15 is 0 Å². The Balaban J connectivity index is 1.27. The number of hydrogen-bond donors (Lipinski definition) is 0. The first-order valence-corrected chi connectivity index (χ1v) is 9.58. The molecule has 1 spiro atoms. The smallest absolute Gasteiger partial charge is 0.368 e. The number of aromatic nitrogens is 6. The number of halogens is 5. The zero-order valence-corrected chi connectivity index (χ0v) is 16.1. The lowest BCUT2D eigenvalue weighted by Gasteiger charge is -2.49. The van der Waals surface area contributed by atoms with Crippen LogP contribution in [0.1, 0.15) is 12.2 Å². The average molecular weight is 440 g/mol. The summed E-state index contributed by atoms with van der Waals surface area (Å²) < 4.78 is 64.5. The number of alkyl halides is 5. The molecule has 0 saturated carbocycles. The molecule has 3 aromatic rings. The van der Waals surface area contributed by atoms with Gasteiger partial charge in [0, 0.05) is 31.6 Å². The van der Waals surface area contributed by atoms with Crippen molar-refractivity contribution in [1.29, 1.82) is 0 Å². The number of anilines is 2. The first-order chi connectivity index (χ1) is 14.7. The lowest BCUT2D eigenvalue weighted by Crippen LogP contribution is -2.57. The molecule has 0 aliphatic carbocycles. The minimum atomic E-state index is -4.56. The van der Waals surface area contributed by atoms with Crippen LogP contribution in [0.3, 0.4) is 0 Å². The molecule has 0 unspecified atom stereocenters. The Morgan fingerprint density at radius 2 is 1.68 bits per heavy atom. The van der Waals surface area contributed by atoms with Gasteiger partial charge in [0.05, 0.1) is 30.5 Å². The number of rotatable bonds is 4. The molecule has 8 nitrogen and oxygen atoms in total. The first-order valence-electron chi connectivity index (χ1n) is 9.58. The third kappa shape index (κ3) is 3.61. The molecular formula is C18H17F5N8. The van der Waals surface area contributed by atoms with Crippen molar-refractivity contribution in [3.05, 3.63) is 30.6 Å². The molecule has 0 bridgehead atoms. The second-order valence-corrected chi connectivity index (χ2v) is 7.95. The van der Waals surface area contributed by atoms with E-state index in [-0.39, 0.29) is 5.41 Å². The molecule has 2 aliphatic heterocycles. The van der Waals surface area contributed by atoms with Crippen LogP contribution in [0.15, 0.2) is 24.8 Å². The molecular weight excluding hydrogens is 423 g/mol. The van der Waals surface area contributed by atoms with Gasteiger partial charge in [0.15, 0.2) is 5.65 Å². The molecule has 2 saturated heterocycles. The van der Waals surface area contributed by atoms with Crippen molar-refractivity contribution < 1.29 is 22.0 Å². The third-order valence-corrected chi connectivity index (χ3v) is 5.72. The topological polar surface area (TPSA) is 75.9 Å². The highest BCUT2D eigenvalue weighted by molar-refractivity contribution is 5.71. The second kappa shape index (κ2) is 6.95. The predicted octanol–water partition coefficient (Wildman–Crippen LogP) is 2.62. The van der Waals surface area contributed by atoms with Crippen molar-refractivity contribution in [2.24, 2.45) is 5.41 Å². The zero-order valence-electron chi connectivity index (χ0n) is 16.1. The largest absolute Gasteiger partial charge is 0.451 e. The molecule has 0 N–H and O–H groups in total. The maximum absolute atomic E-state index is 12.8. The van der Waals surface area contributed by atoms with E-state index in [1.807, 2.05) is 9.80 Å². The van der Waals surface area contributed by atoms with Gasteiger partial charge in [-0.05, 0) is 6.42 Å². The highest BCUT2D eigenvalue weighted by Gasteiger charge is 2.48. The summed E-state index contributed by atoms with van der Waals surface area (Å²) in [6, 6.07) is 0. The zero-order chi connectivity index (χ0) is 21.8. The molecule has 0 atom stereocenters. The van der Waals surface area contributed by atoms with E-state index in [9.17, 15) is 22.0 Å². The van der Waals surface area contributed by atoms with Gasteiger partial charge in [0.2, 0.25) is 5.82 Å². The Morgan fingerprint density at radius 3 is 2.35 bits per heavy atom. The van der Waals surface area contributed by atoms with Gasteiger partial charge in [-0.1, -0.05) is 0 Å². The highest BCUT2D eigenvalue weighted by atomic mass is 19.4. The van der Waals surface area contributed by atoms with Crippen LogP contribution in [0.4, 0.5) is 33.5 Å². The van der Waals surface area contributed by atoms with E-state index < -0.39 is 25.0 Å². The summed E-state index contributed by atoms with van der Waals surface area (Å²) >= 11 is 0. The Kier molecular flexibility index (Phi) is 4.45. The van der Waals surface area contributed by atoms with Crippen molar-refractivity contribution in [2.75, 3.05) is 36.0 Å². The standard InChI is InChI=1S/C18H17F5N8/c19-13(20)7-31-15-12(5-27-31)24-6-14(28-15)29-2-1-17(8-29)9-30(10-17)11-3-25-16(26-4-11)18(21,22)23/h3-6,13H,1-2,7-10H2. The number of hydrogen-bond acceptors (Lipinski definition) is 7. The predicted molar refractivity (Wildman–Crippen MR) is 99.8 cm³/mol. The molecule has 0 aromatic carbocycles. The SMILES string of the molecule is FC(F)Cn1ncc2ncc(N3CCC4(CN(c5cnc(C(F)(F)F)nc5)C4)C3)nc21. The van der Waals surface area contributed by atoms with E-state index in [4.69, 9.17) is 0 Å². The van der Waals surface area contributed by atoms with Crippen LogP contribution in [0, 0.1) is 5.41 Å². The van der Waals surface area contributed by atoms with Crippen LogP contribution >= 0.6 is 0 Å². The van der Waals surface area contributed by atoms with Crippen molar-refractivity contribution in [1.82, 2.24) is 29.7 Å². The molecule has 5 rings (SSSR count). The Bertz CT molecular complexity index is 1090. The average Bonchev–Trinajstić information content (AvgIpc) is 3.31. The summed E-state index contributed by atoms with van der Waals surface area (Å²) in [5.41, 5.74) is 1.29. The fraction of sp³-hybridized carbons (Fsp3) is 0.500. The van der Waals surface area contributed by atoms with Gasteiger partial charge >= 0.3 is 6.18 Å². The number of nitrogens with zero attached hydrogens (tertiary/aromatic N) is 8. The molecule has 31 heavy (non-hydrogen) atoms. The number of fused-ring (bicyclic) bond motifs is 1. The van der Waals surface area contributed by atoms with E-state index in [0.29, 0.717) is 42.3 Å². The van der Waals surface area contributed by atoms with Crippen molar-refractivity contribution in [2.45, 2.75) is 25.6 Å². The molecule has 0 radical (unpaired) electrons. The van der Waals surface area contributed by atoms with E-state index in [1.165, 1.54) is 18.6 Å². The summed E-state index contributed by atoms with van der Waals surface area (Å²) in [4.78, 5) is 19.6. The monoisotopic (exact) mass is 440 g/mol. The van der Waals surface area contributed by atoms with Gasteiger partial charge in [0.25, 0.3) is 6.43 Å². The van der Waals surface area contributed by atoms with Gasteiger partial charge in [-0.15, -0.1) is 0 Å². The van der Waals surface area contributed by atoms with Crippen LogP contribution < -0.4 is 9.80 Å². The maximum atomic E-state index is 12.8. The van der Waals surface area contributed by atoms with Gasteiger partial charge in [-0.2, -0.15) is 18.3 Å².